The Morgan fingerprint density at radius 1 is 0.879 bits per heavy atom. The second-order valence-electron chi connectivity index (χ2n) is 7.74. The van der Waals surface area contributed by atoms with E-state index in [2.05, 4.69) is 0 Å². The smallest absolute Gasteiger partial charge is 0.295 e. The average Bonchev–Trinajstić information content (AvgIpc) is 3.12. The van der Waals surface area contributed by atoms with Crippen molar-refractivity contribution in [1.82, 2.24) is 4.90 Å². The number of aliphatic hydroxyl groups is 1. The van der Waals surface area contributed by atoms with Gasteiger partial charge in [-0.15, -0.1) is 0 Å². The number of ketones is 1. The molecule has 6 nitrogen and oxygen atoms in total. The van der Waals surface area contributed by atoms with E-state index in [9.17, 15) is 14.7 Å². The predicted octanol–water partition coefficient (Wildman–Crippen LogP) is 4.37. The lowest BCUT2D eigenvalue weighted by molar-refractivity contribution is -0.139. The third-order valence-corrected chi connectivity index (χ3v) is 5.78. The number of carbonyl (C=O) groups excluding carboxylic acids is 2. The fourth-order valence-electron chi connectivity index (χ4n) is 4.09. The molecule has 1 aliphatic rings. The van der Waals surface area contributed by atoms with Gasteiger partial charge >= 0.3 is 0 Å². The van der Waals surface area contributed by atoms with Crippen LogP contribution in [0.15, 0.2) is 84.4 Å². The maximum absolute atomic E-state index is 13.2. The van der Waals surface area contributed by atoms with Gasteiger partial charge in [0.05, 0.1) is 25.8 Å². The molecule has 1 saturated heterocycles. The van der Waals surface area contributed by atoms with Gasteiger partial charge in [0.2, 0.25) is 0 Å². The molecule has 1 N–H and O–H groups in total. The van der Waals surface area contributed by atoms with Gasteiger partial charge in [-0.05, 0) is 41.8 Å². The zero-order chi connectivity index (χ0) is 23.4. The minimum Gasteiger partial charge on any atom is -0.507 e. The van der Waals surface area contributed by atoms with Crippen LogP contribution in [0.3, 0.4) is 0 Å². The van der Waals surface area contributed by atoms with Crippen LogP contribution in [0.1, 0.15) is 22.7 Å². The van der Waals surface area contributed by atoms with Crippen LogP contribution in [-0.4, -0.2) is 42.5 Å². The van der Waals surface area contributed by atoms with Gasteiger partial charge < -0.3 is 19.5 Å². The molecule has 3 aromatic carbocycles. The van der Waals surface area contributed by atoms with Crippen LogP contribution in [0.25, 0.3) is 5.76 Å². The Kier molecular flexibility index (Phi) is 6.45. The van der Waals surface area contributed by atoms with Crippen molar-refractivity contribution in [3.63, 3.8) is 0 Å². The maximum atomic E-state index is 13.2. The topological polar surface area (TPSA) is 76.1 Å². The Bertz CT molecular complexity index is 1200. The van der Waals surface area contributed by atoms with E-state index in [0.717, 1.165) is 5.56 Å². The Balaban J connectivity index is 1.81. The van der Waals surface area contributed by atoms with Crippen molar-refractivity contribution in [2.45, 2.75) is 12.5 Å². The Morgan fingerprint density at radius 2 is 1.55 bits per heavy atom. The van der Waals surface area contributed by atoms with Crippen LogP contribution in [-0.2, 0) is 16.0 Å². The Labute approximate surface area is 192 Å². The number of hydrogen-bond donors (Lipinski definition) is 1. The standard InChI is InChI=1S/C27H25NO5/c1-32-21-12-6-10-19(16-21)24-23(25(29)20-11-7-13-22(17-20)33-2)26(30)27(31)28(24)15-14-18-8-4-3-5-9-18/h3-13,16-17,24,29H,14-15H2,1-2H3/b25-23+. The van der Waals surface area contributed by atoms with Gasteiger partial charge in [0, 0.05) is 12.1 Å². The summed E-state index contributed by atoms with van der Waals surface area (Å²) < 4.78 is 10.6. The van der Waals surface area contributed by atoms with Crippen molar-refractivity contribution < 1.29 is 24.2 Å². The number of amides is 1. The van der Waals surface area contributed by atoms with Crippen molar-refractivity contribution in [2.24, 2.45) is 0 Å². The minimum atomic E-state index is -0.741. The fraction of sp³-hybridized carbons (Fsp3) is 0.185. The molecule has 0 aromatic heterocycles. The van der Waals surface area contributed by atoms with E-state index in [4.69, 9.17) is 9.47 Å². The zero-order valence-corrected chi connectivity index (χ0v) is 18.5. The molecule has 0 spiro atoms. The fourth-order valence-corrected chi connectivity index (χ4v) is 4.09. The molecule has 1 fully saturated rings. The van der Waals surface area contributed by atoms with Crippen LogP contribution < -0.4 is 9.47 Å². The van der Waals surface area contributed by atoms with Gasteiger partial charge in [-0.1, -0.05) is 54.6 Å². The van der Waals surface area contributed by atoms with Crippen LogP contribution >= 0.6 is 0 Å². The van der Waals surface area contributed by atoms with E-state index in [0.29, 0.717) is 35.6 Å². The molecule has 1 aliphatic heterocycles. The number of benzene rings is 3. The third kappa shape index (κ3) is 4.46. The zero-order valence-electron chi connectivity index (χ0n) is 18.5. The lowest BCUT2D eigenvalue weighted by atomic mass is 9.95. The second kappa shape index (κ2) is 9.61. The van der Waals surface area contributed by atoms with E-state index in [1.165, 1.54) is 12.0 Å². The molecule has 0 bridgehead atoms. The van der Waals surface area contributed by atoms with E-state index in [-0.39, 0.29) is 11.3 Å². The predicted molar refractivity (Wildman–Crippen MR) is 125 cm³/mol. The van der Waals surface area contributed by atoms with E-state index < -0.39 is 17.7 Å². The number of likely N-dealkylation sites (tertiary alicyclic amines) is 1. The molecule has 1 unspecified atom stereocenters. The highest BCUT2D eigenvalue weighted by Crippen LogP contribution is 2.40. The van der Waals surface area contributed by atoms with Crippen molar-refractivity contribution in [3.8, 4) is 11.5 Å². The monoisotopic (exact) mass is 443 g/mol. The summed E-state index contributed by atoms with van der Waals surface area (Å²) in [6.07, 6.45) is 0.577. The van der Waals surface area contributed by atoms with E-state index >= 15 is 0 Å². The first-order chi connectivity index (χ1) is 16.0. The summed E-state index contributed by atoms with van der Waals surface area (Å²) in [6, 6.07) is 23.0. The molecule has 6 heteroatoms. The summed E-state index contributed by atoms with van der Waals surface area (Å²) in [5, 5.41) is 11.2. The molecule has 0 aliphatic carbocycles. The number of hydrogen-bond acceptors (Lipinski definition) is 5. The lowest BCUT2D eigenvalue weighted by Gasteiger charge is -2.25. The molecular formula is C27H25NO5. The average molecular weight is 443 g/mol. The highest BCUT2D eigenvalue weighted by Gasteiger charge is 2.46. The van der Waals surface area contributed by atoms with Gasteiger partial charge in [-0.3, -0.25) is 9.59 Å². The largest absolute Gasteiger partial charge is 0.507 e. The van der Waals surface area contributed by atoms with Crippen molar-refractivity contribution >= 4 is 17.4 Å². The molecular weight excluding hydrogens is 418 g/mol. The molecule has 1 amide bonds. The van der Waals surface area contributed by atoms with Crippen LogP contribution in [0, 0.1) is 0 Å². The maximum Gasteiger partial charge on any atom is 0.295 e. The van der Waals surface area contributed by atoms with Crippen molar-refractivity contribution in [1.29, 1.82) is 0 Å². The van der Waals surface area contributed by atoms with Gasteiger partial charge in [0.1, 0.15) is 17.3 Å². The summed E-state index contributed by atoms with van der Waals surface area (Å²) in [5.74, 6) is -0.445. The number of ether oxygens (including phenoxy) is 2. The molecule has 4 rings (SSSR count). The van der Waals surface area contributed by atoms with Crippen LogP contribution in [0.5, 0.6) is 11.5 Å². The molecule has 3 aromatic rings. The lowest BCUT2D eigenvalue weighted by Crippen LogP contribution is -2.31. The van der Waals surface area contributed by atoms with Crippen LogP contribution in [0.4, 0.5) is 0 Å². The molecule has 33 heavy (non-hydrogen) atoms. The first kappa shape index (κ1) is 22.1. The second-order valence-corrected chi connectivity index (χ2v) is 7.74. The number of carbonyl (C=O) groups is 2. The number of Topliss-reactive ketones (excluding diaryl/α,β-unsaturated/α-hetero) is 1. The van der Waals surface area contributed by atoms with Gasteiger partial charge in [0.25, 0.3) is 11.7 Å². The van der Waals surface area contributed by atoms with E-state index in [1.807, 2.05) is 36.4 Å². The molecule has 168 valence electrons. The quantitative estimate of drug-likeness (QED) is 0.333. The highest BCUT2D eigenvalue weighted by molar-refractivity contribution is 6.46. The van der Waals surface area contributed by atoms with Crippen molar-refractivity contribution in [2.75, 3.05) is 20.8 Å². The van der Waals surface area contributed by atoms with E-state index in [1.54, 1.807) is 49.6 Å². The number of nitrogens with zero attached hydrogens (tertiary/aromatic N) is 1. The first-order valence-corrected chi connectivity index (χ1v) is 10.6. The number of aliphatic hydroxyl groups excluding tert-OH is 1. The highest BCUT2D eigenvalue weighted by atomic mass is 16.5. The first-order valence-electron chi connectivity index (χ1n) is 10.6. The molecule has 1 heterocycles. The van der Waals surface area contributed by atoms with Gasteiger partial charge in [0.15, 0.2) is 0 Å². The summed E-state index contributed by atoms with van der Waals surface area (Å²) in [4.78, 5) is 27.8. The summed E-state index contributed by atoms with van der Waals surface area (Å²) in [6.45, 7) is 0.325. The Morgan fingerprint density at radius 3 is 2.24 bits per heavy atom. The summed E-state index contributed by atoms with van der Waals surface area (Å²) >= 11 is 0. The van der Waals surface area contributed by atoms with Gasteiger partial charge in [-0.25, -0.2) is 0 Å². The Hall–Kier alpha value is -4.06. The molecule has 0 radical (unpaired) electrons. The SMILES string of the molecule is COc1cccc(/C(O)=C2\C(=O)C(=O)N(CCc3ccccc3)C2c2cccc(OC)c2)c1. The normalized spacial score (nSPS) is 17.3. The molecule has 1 atom stereocenters. The summed E-state index contributed by atoms with van der Waals surface area (Å²) in [5.41, 5.74) is 2.19. The third-order valence-electron chi connectivity index (χ3n) is 5.78. The van der Waals surface area contributed by atoms with Gasteiger partial charge in [-0.2, -0.15) is 0 Å². The molecule has 0 saturated carbocycles. The summed E-state index contributed by atoms with van der Waals surface area (Å²) in [7, 11) is 3.08. The van der Waals surface area contributed by atoms with Crippen molar-refractivity contribution in [3.05, 3.63) is 101 Å². The number of rotatable bonds is 7. The number of methoxy groups -OCH3 is 2. The minimum absolute atomic E-state index is 0.0505. The van der Waals surface area contributed by atoms with Crippen LogP contribution in [0.2, 0.25) is 0 Å².